The number of benzene rings is 2. The summed E-state index contributed by atoms with van der Waals surface area (Å²) in [5.74, 6) is -0.803. The molecular weight excluding hydrogens is 390 g/mol. The Hall–Kier alpha value is -4.13. The molecule has 0 radical (unpaired) electrons. The van der Waals surface area contributed by atoms with Gasteiger partial charge in [-0.05, 0) is 30.7 Å². The molecule has 7 heteroatoms. The van der Waals surface area contributed by atoms with E-state index in [-0.39, 0.29) is 11.6 Å². The normalized spacial score (nSPS) is 13.8. The van der Waals surface area contributed by atoms with Crippen LogP contribution in [0.15, 0.2) is 85.0 Å². The van der Waals surface area contributed by atoms with Crippen LogP contribution in [0.2, 0.25) is 0 Å². The van der Waals surface area contributed by atoms with Crippen LogP contribution < -0.4 is 10.6 Å². The van der Waals surface area contributed by atoms with E-state index in [9.17, 15) is 9.59 Å². The molecule has 0 unspecified atom stereocenters. The third kappa shape index (κ3) is 3.61. The summed E-state index contributed by atoms with van der Waals surface area (Å²) in [4.78, 5) is 25.3. The average molecular weight is 411 g/mol. The predicted molar refractivity (Wildman–Crippen MR) is 119 cm³/mol. The van der Waals surface area contributed by atoms with E-state index in [0.717, 1.165) is 41.7 Å². The Balaban J connectivity index is 1.53. The van der Waals surface area contributed by atoms with Crippen molar-refractivity contribution in [3.63, 3.8) is 0 Å². The minimum absolute atomic E-state index is 0.274. The van der Waals surface area contributed by atoms with Crippen LogP contribution in [0.1, 0.15) is 12.0 Å². The van der Waals surface area contributed by atoms with E-state index in [1.807, 2.05) is 77.7 Å². The molecule has 0 spiro atoms. The van der Waals surface area contributed by atoms with Crippen LogP contribution in [0, 0.1) is 0 Å². The molecule has 0 aliphatic carbocycles. The quantitative estimate of drug-likeness (QED) is 0.457. The fraction of sp³-hybridized carbons (Fsp3) is 0.125. The van der Waals surface area contributed by atoms with Gasteiger partial charge in [-0.2, -0.15) is 5.10 Å². The van der Waals surface area contributed by atoms with Gasteiger partial charge in [0.25, 0.3) is 11.8 Å². The number of nitrogens with zero attached hydrogens (tertiary/aromatic N) is 3. The second-order valence-corrected chi connectivity index (χ2v) is 7.40. The summed E-state index contributed by atoms with van der Waals surface area (Å²) in [6.45, 7) is 1.57. The summed E-state index contributed by atoms with van der Waals surface area (Å²) in [7, 11) is 0. The number of aryl methyl sites for hydroxylation is 2. The second kappa shape index (κ2) is 7.95. The van der Waals surface area contributed by atoms with E-state index in [1.165, 1.54) is 0 Å². The zero-order chi connectivity index (χ0) is 21.2. The van der Waals surface area contributed by atoms with Gasteiger partial charge in [0.05, 0.1) is 5.57 Å². The number of amides is 2. The zero-order valence-corrected chi connectivity index (χ0v) is 16.8. The van der Waals surface area contributed by atoms with Crippen LogP contribution in [-0.2, 0) is 22.7 Å². The maximum absolute atomic E-state index is 12.8. The fourth-order valence-electron chi connectivity index (χ4n) is 3.96. The van der Waals surface area contributed by atoms with Crippen LogP contribution in [0.3, 0.4) is 0 Å². The van der Waals surface area contributed by atoms with Crippen LogP contribution in [0.4, 0.5) is 5.69 Å². The highest BCUT2D eigenvalue weighted by molar-refractivity contribution is 6.38. The molecule has 154 valence electrons. The molecule has 5 rings (SSSR count). The molecular formula is C24H21N5O2. The summed E-state index contributed by atoms with van der Waals surface area (Å²) in [6, 6.07) is 19.2. The molecule has 0 saturated heterocycles. The number of nitrogens with one attached hydrogen (secondary N) is 2. The lowest BCUT2D eigenvalue weighted by molar-refractivity contribution is -0.123. The number of fused-ring (bicyclic) bond motifs is 1. The van der Waals surface area contributed by atoms with E-state index in [1.54, 1.807) is 6.20 Å². The number of carbonyl (C=O) groups is 2. The summed E-state index contributed by atoms with van der Waals surface area (Å²) in [6.07, 6.45) is 6.57. The number of aromatic nitrogens is 3. The lowest BCUT2D eigenvalue weighted by Crippen LogP contribution is -2.24. The molecule has 1 aliphatic rings. The number of anilines is 1. The smallest absolute Gasteiger partial charge is 0.275 e. The summed E-state index contributed by atoms with van der Waals surface area (Å²) in [5.41, 5.74) is 3.17. The Kier molecular flexibility index (Phi) is 4.84. The van der Waals surface area contributed by atoms with Gasteiger partial charge in [-0.3, -0.25) is 19.6 Å². The monoisotopic (exact) mass is 411 g/mol. The Labute approximate surface area is 179 Å². The van der Waals surface area contributed by atoms with Crippen molar-refractivity contribution < 1.29 is 9.59 Å². The summed E-state index contributed by atoms with van der Waals surface area (Å²) < 4.78 is 4.04. The lowest BCUT2D eigenvalue weighted by atomic mass is 10.0. The van der Waals surface area contributed by atoms with Crippen LogP contribution in [0.5, 0.6) is 0 Å². The van der Waals surface area contributed by atoms with Crippen molar-refractivity contribution in [3.8, 4) is 0 Å². The van der Waals surface area contributed by atoms with E-state index in [4.69, 9.17) is 0 Å². The first-order chi connectivity index (χ1) is 15.2. The lowest BCUT2D eigenvalue weighted by Gasteiger charge is -2.07. The highest BCUT2D eigenvalue weighted by Crippen LogP contribution is 2.32. The topological polar surface area (TPSA) is 81.0 Å². The molecule has 1 aliphatic heterocycles. The van der Waals surface area contributed by atoms with Crippen molar-refractivity contribution in [1.82, 2.24) is 19.7 Å². The third-order valence-electron chi connectivity index (χ3n) is 5.38. The highest BCUT2D eigenvalue weighted by atomic mass is 16.2. The maximum Gasteiger partial charge on any atom is 0.275 e. The molecule has 4 aromatic rings. The van der Waals surface area contributed by atoms with Crippen LogP contribution in [0.25, 0.3) is 16.5 Å². The second-order valence-electron chi connectivity index (χ2n) is 7.40. The predicted octanol–water partition coefficient (Wildman–Crippen LogP) is 3.41. The molecule has 0 saturated carbocycles. The van der Waals surface area contributed by atoms with Crippen LogP contribution >= 0.6 is 0 Å². The zero-order valence-electron chi connectivity index (χ0n) is 16.8. The number of imide groups is 1. The van der Waals surface area contributed by atoms with Gasteiger partial charge in [-0.15, -0.1) is 0 Å². The van der Waals surface area contributed by atoms with Crippen LogP contribution in [-0.4, -0.2) is 26.2 Å². The van der Waals surface area contributed by atoms with E-state index in [2.05, 4.69) is 20.3 Å². The van der Waals surface area contributed by atoms with Gasteiger partial charge in [-0.25, -0.2) is 0 Å². The van der Waals surface area contributed by atoms with Gasteiger partial charge in [0.2, 0.25) is 0 Å². The third-order valence-corrected chi connectivity index (χ3v) is 5.38. The van der Waals surface area contributed by atoms with Gasteiger partial charge in [0, 0.05) is 53.8 Å². The molecule has 31 heavy (non-hydrogen) atoms. The van der Waals surface area contributed by atoms with Crippen molar-refractivity contribution in [3.05, 3.63) is 90.5 Å². The first kappa shape index (κ1) is 18.9. The molecule has 2 N–H and O–H groups in total. The number of hydrogen-bond acceptors (Lipinski definition) is 4. The van der Waals surface area contributed by atoms with Crippen molar-refractivity contribution >= 4 is 34.0 Å². The van der Waals surface area contributed by atoms with Crippen molar-refractivity contribution in [2.45, 2.75) is 19.5 Å². The Morgan fingerprint density at radius 3 is 2.52 bits per heavy atom. The number of hydrogen-bond donors (Lipinski definition) is 2. The largest absolute Gasteiger partial charge is 0.350 e. The number of rotatable bonds is 7. The molecule has 0 fully saturated rings. The van der Waals surface area contributed by atoms with Gasteiger partial charge in [0.1, 0.15) is 5.70 Å². The Morgan fingerprint density at radius 1 is 0.903 bits per heavy atom. The highest BCUT2D eigenvalue weighted by Gasteiger charge is 2.33. The molecule has 0 bridgehead atoms. The van der Waals surface area contributed by atoms with Gasteiger partial charge < -0.3 is 9.88 Å². The van der Waals surface area contributed by atoms with E-state index >= 15 is 0 Å². The number of carbonyl (C=O) groups excluding carboxylic acids is 2. The molecule has 2 amide bonds. The molecule has 3 heterocycles. The first-order valence-corrected chi connectivity index (χ1v) is 10.2. The first-order valence-electron chi connectivity index (χ1n) is 10.2. The standard InChI is InChI=1S/C24H21N5O2/c30-23-21(22(24(31)27-23)26-17-8-2-1-3-9-17)19-16-28(20-11-5-4-10-18(19)20)13-7-15-29-14-6-12-25-29/h1-6,8-12,14,16H,7,13,15H2,(H2,26,27,30,31). The van der Waals surface area contributed by atoms with Gasteiger partial charge >= 0.3 is 0 Å². The maximum atomic E-state index is 12.8. The molecule has 2 aromatic carbocycles. The Bertz CT molecular complexity index is 1290. The minimum Gasteiger partial charge on any atom is -0.350 e. The average Bonchev–Trinajstić information content (AvgIpc) is 3.49. The van der Waals surface area contributed by atoms with E-state index < -0.39 is 5.91 Å². The minimum atomic E-state index is -0.417. The van der Waals surface area contributed by atoms with Gasteiger partial charge in [-0.1, -0.05) is 36.4 Å². The fourth-order valence-corrected chi connectivity index (χ4v) is 3.96. The SMILES string of the molecule is O=C1NC(=O)C(c2cn(CCCn3cccn3)c3ccccc23)=C1Nc1ccccc1. The van der Waals surface area contributed by atoms with Gasteiger partial charge in [0.15, 0.2) is 0 Å². The molecule has 7 nitrogen and oxygen atoms in total. The summed E-state index contributed by atoms with van der Waals surface area (Å²) >= 11 is 0. The number of para-hydroxylation sites is 2. The van der Waals surface area contributed by atoms with Crippen molar-refractivity contribution in [2.75, 3.05) is 5.32 Å². The summed E-state index contributed by atoms with van der Waals surface area (Å²) in [5, 5.41) is 10.8. The van der Waals surface area contributed by atoms with E-state index in [0.29, 0.717) is 5.57 Å². The van der Waals surface area contributed by atoms with Crippen molar-refractivity contribution in [2.24, 2.45) is 0 Å². The molecule has 2 aromatic heterocycles. The van der Waals surface area contributed by atoms with Crippen molar-refractivity contribution in [1.29, 1.82) is 0 Å². The Morgan fingerprint density at radius 2 is 1.71 bits per heavy atom. The molecule has 0 atom stereocenters.